The summed E-state index contributed by atoms with van der Waals surface area (Å²) >= 11 is 0. The van der Waals surface area contributed by atoms with Crippen LogP contribution in [0.1, 0.15) is 20.8 Å². The lowest BCUT2D eigenvalue weighted by Crippen LogP contribution is -2.38. The molecule has 0 radical (unpaired) electrons. The second-order valence-corrected chi connectivity index (χ2v) is 5.70. The maximum absolute atomic E-state index is 12.0. The summed E-state index contributed by atoms with van der Waals surface area (Å²) in [6, 6.07) is -0.654. The van der Waals surface area contributed by atoms with Crippen LogP contribution in [0.4, 0.5) is 4.79 Å². The van der Waals surface area contributed by atoms with Crippen molar-refractivity contribution in [1.29, 1.82) is 0 Å². The molecule has 0 saturated carbocycles. The zero-order chi connectivity index (χ0) is 15.6. The average molecular weight is 308 g/mol. The Labute approximate surface area is 118 Å². The second-order valence-electron chi connectivity index (χ2n) is 3.64. The summed E-state index contributed by atoms with van der Waals surface area (Å²) in [6.07, 6.45) is -0.269. The Morgan fingerprint density at radius 3 is 2.15 bits per heavy atom. The molecule has 0 unspecified atom stereocenters. The van der Waals surface area contributed by atoms with Crippen molar-refractivity contribution in [2.75, 3.05) is 26.2 Å². The summed E-state index contributed by atoms with van der Waals surface area (Å²) in [5.41, 5.74) is 0.226. The average Bonchev–Trinajstić information content (AvgIpc) is 2.37. The quantitative estimate of drug-likeness (QED) is 0.290. The van der Waals surface area contributed by atoms with E-state index in [0.717, 1.165) is 0 Å². The van der Waals surface area contributed by atoms with Gasteiger partial charge in [-0.2, -0.15) is 0 Å². The highest BCUT2D eigenvalue weighted by molar-refractivity contribution is 7.53. The van der Waals surface area contributed by atoms with Crippen LogP contribution >= 0.6 is 7.60 Å². The minimum absolute atomic E-state index is 0.205. The van der Waals surface area contributed by atoms with Gasteiger partial charge in [-0.3, -0.25) is 4.57 Å². The fourth-order valence-electron chi connectivity index (χ4n) is 1.04. The lowest BCUT2D eigenvalue weighted by Gasteiger charge is -2.17. The van der Waals surface area contributed by atoms with E-state index in [-0.39, 0.29) is 31.8 Å². The highest BCUT2D eigenvalue weighted by atomic mass is 31.2. The molecular weight excluding hydrogens is 287 g/mol. The SMILES string of the molecule is C=C(C)C(=O)OCNC(=O)NCP(=O)(OCC)OCC. The van der Waals surface area contributed by atoms with E-state index in [1.807, 2.05) is 0 Å². The second kappa shape index (κ2) is 9.52. The fourth-order valence-corrected chi connectivity index (χ4v) is 2.42. The van der Waals surface area contributed by atoms with Gasteiger partial charge in [0.25, 0.3) is 0 Å². The van der Waals surface area contributed by atoms with E-state index in [4.69, 9.17) is 9.05 Å². The van der Waals surface area contributed by atoms with E-state index in [1.54, 1.807) is 13.8 Å². The predicted octanol–water partition coefficient (Wildman–Crippen LogP) is 1.59. The summed E-state index contributed by atoms with van der Waals surface area (Å²) in [4.78, 5) is 22.4. The molecule has 2 amide bonds. The van der Waals surface area contributed by atoms with Crippen molar-refractivity contribution in [3.8, 4) is 0 Å². The van der Waals surface area contributed by atoms with Crippen LogP contribution in [0.15, 0.2) is 12.2 Å². The number of hydrogen-bond donors (Lipinski definition) is 2. The first-order valence-corrected chi connectivity index (χ1v) is 7.80. The number of amides is 2. The molecule has 0 spiro atoms. The van der Waals surface area contributed by atoms with E-state index in [2.05, 4.69) is 21.9 Å². The summed E-state index contributed by atoms with van der Waals surface area (Å²) in [5.74, 6) is -0.611. The molecule has 0 aromatic heterocycles. The van der Waals surface area contributed by atoms with Gasteiger partial charge in [-0.1, -0.05) is 6.58 Å². The lowest BCUT2D eigenvalue weighted by molar-refractivity contribution is -0.139. The van der Waals surface area contributed by atoms with Crippen molar-refractivity contribution in [1.82, 2.24) is 10.6 Å². The highest BCUT2D eigenvalue weighted by Gasteiger charge is 2.24. The summed E-state index contributed by atoms with van der Waals surface area (Å²) in [5, 5.41) is 4.58. The largest absolute Gasteiger partial charge is 0.441 e. The number of carbonyl (C=O) groups excluding carboxylic acids is 2. The van der Waals surface area contributed by atoms with Crippen LogP contribution in [0.2, 0.25) is 0 Å². The highest BCUT2D eigenvalue weighted by Crippen LogP contribution is 2.46. The maximum atomic E-state index is 12.0. The molecule has 0 saturated heterocycles. The smallest absolute Gasteiger partial charge is 0.349 e. The minimum Gasteiger partial charge on any atom is -0.441 e. The van der Waals surface area contributed by atoms with Crippen LogP contribution in [0.3, 0.4) is 0 Å². The molecule has 8 nitrogen and oxygen atoms in total. The minimum atomic E-state index is -3.33. The summed E-state index contributed by atoms with van der Waals surface area (Å²) < 4.78 is 26.6. The fraction of sp³-hybridized carbons (Fsp3) is 0.636. The van der Waals surface area contributed by atoms with E-state index < -0.39 is 19.6 Å². The van der Waals surface area contributed by atoms with Gasteiger partial charge in [0.1, 0.15) is 6.29 Å². The number of nitrogens with one attached hydrogen (secondary N) is 2. The van der Waals surface area contributed by atoms with Crippen molar-refractivity contribution >= 4 is 19.6 Å². The zero-order valence-corrected chi connectivity index (χ0v) is 12.8. The topological polar surface area (TPSA) is 103 Å². The van der Waals surface area contributed by atoms with Crippen LogP contribution in [0.5, 0.6) is 0 Å². The Hall–Kier alpha value is -1.37. The third-order valence-corrected chi connectivity index (χ3v) is 3.72. The van der Waals surface area contributed by atoms with Crippen LogP contribution in [-0.2, 0) is 23.1 Å². The molecule has 0 bridgehead atoms. The van der Waals surface area contributed by atoms with Crippen LogP contribution in [0, 0.1) is 0 Å². The van der Waals surface area contributed by atoms with Gasteiger partial charge in [0, 0.05) is 5.57 Å². The van der Waals surface area contributed by atoms with Crippen molar-refractivity contribution < 1.29 is 27.9 Å². The Morgan fingerprint density at radius 1 is 1.15 bits per heavy atom. The first-order chi connectivity index (χ1) is 9.34. The van der Waals surface area contributed by atoms with Gasteiger partial charge in [0.2, 0.25) is 0 Å². The third kappa shape index (κ3) is 7.93. The van der Waals surface area contributed by atoms with E-state index >= 15 is 0 Å². The lowest BCUT2D eigenvalue weighted by atomic mass is 10.4. The Morgan fingerprint density at radius 2 is 1.70 bits per heavy atom. The first-order valence-electron chi connectivity index (χ1n) is 6.07. The number of esters is 1. The van der Waals surface area contributed by atoms with Gasteiger partial charge in [-0.25, -0.2) is 9.59 Å². The van der Waals surface area contributed by atoms with Crippen LogP contribution < -0.4 is 10.6 Å². The standard InChI is InChI=1S/C11H21N2O6P/c1-5-18-20(16,19-6-2)8-13-11(15)12-7-17-10(14)9(3)4/h3,5-8H2,1-2,4H3,(H2,12,13,15). The Bertz CT molecular complexity index is 388. The van der Waals surface area contributed by atoms with Gasteiger partial charge in [-0.15, -0.1) is 0 Å². The maximum Gasteiger partial charge on any atom is 0.349 e. The van der Waals surface area contributed by atoms with Crippen molar-refractivity contribution in [3.63, 3.8) is 0 Å². The molecular formula is C11H21N2O6P. The number of carbonyl (C=O) groups is 2. The summed E-state index contributed by atoms with van der Waals surface area (Å²) in [7, 11) is -3.33. The van der Waals surface area contributed by atoms with E-state index in [1.165, 1.54) is 6.92 Å². The monoisotopic (exact) mass is 308 g/mol. The number of hydrogen-bond acceptors (Lipinski definition) is 6. The Kier molecular flexibility index (Phi) is 8.87. The molecule has 0 aromatic carbocycles. The summed E-state index contributed by atoms with van der Waals surface area (Å²) in [6.45, 7) is 8.31. The molecule has 0 aliphatic carbocycles. The van der Waals surface area contributed by atoms with Crippen molar-refractivity contribution in [2.45, 2.75) is 20.8 Å². The van der Waals surface area contributed by atoms with Gasteiger partial charge in [0.05, 0.1) is 13.2 Å². The molecule has 0 atom stereocenters. The molecule has 0 aromatic rings. The molecule has 0 aliphatic rings. The molecule has 2 N–H and O–H groups in total. The van der Waals surface area contributed by atoms with Crippen LogP contribution in [-0.4, -0.2) is 38.2 Å². The van der Waals surface area contributed by atoms with Crippen molar-refractivity contribution in [3.05, 3.63) is 12.2 Å². The molecule has 116 valence electrons. The number of rotatable bonds is 9. The number of ether oxygens (including phenoxy) is 1. The van der Waals surface area contributed by atoms with Gasteiger partial charge in [-0.05, 0) is 20.8 Å². The van der Waals surface area contributed by atoms with Gasteiger partial charge in [0.15, 0.2) is 6.73 Å². The van der Waals surface area contributed by atoms with Crippen molar-refractivity contribution in [2.24, 2.45) is 0 Å². The molecule has 0 heterocycles. The third-order valence-electron chi connectivity index (χ3n) is 1.87. The number of urea groups is 1. The molecule has 0 fully saturated rings. The molecule has 9 heteroatoms. The Balaban J connectivity index is 4.05. The van der Waals surface area contributed by atoms with E-state index in [9.17, 15) is 14.2 Å². The zero-order valence-electron chi connectivity index (χ0n) is 11.9. The molecule has 0 rings (SSSR count). The predicted molar refractivity (Wildman–Crippen MR) is 73.2 cm³/mol. The van der Waals surface area contributed by atoms with E-state index in [0.29, 0.717) is 0 Å². The first kappa shape index (κ1) is 18.6. The van der Waals surface area contributed by atoms with Gasteiger partial charge < -0.3 is 24.4 Å². The van der Waals surface area contributed by atoms with Crippen LogP contribution in [0.25, 0.3) is 0 Å². The molecule has 0 aliphatic heterocycles. The van der Waals surface area contributed by atoms with Gasteiger partial charge >= 0.3 is 19.6 Å². The normalized spacial score (nSPS) is 10.8. The molecule has 20 heavy (non-hydrogen) atoms.